The topological polar surface area (TPSA) is 88.1 Å². The number of nitrogens with one attached hydrogen (secondary N) is 1. The number of nitrogens with zero attached hydrogens (tertiary/aromatic N) is 1. The van der Waals surface area contributed by atoms with E-state index >= 15 is 0 Å². The lowest BCUT2D eigenvalue weighted by atomic mass is 9.96. The van der Waals surface area contributed by atoms with E-state index in [1.807, 2.05) is 0 Å². The van der Waals surface area contributed by atoms with Crippen LogP contribution in [0.3, 0.4) is 0 Å². The number of rotatable bonds is 5. The highest BCUT2D eigenvalue weighted by molar-refractivity contribution is 5.94. The molecule has 0 aliphatic carbocycles. The molecule has 3 rings (SSSR count). The Balaban J connectivity index is 1.53. The first-order valence-electron chi connectivity index (χ1n) is 9.25. The van der Waals surface area contributed by atoms with Crippen LogP contribution in [0.2, 0.25) is 0 Å². The maximum Gasteiger partial charge on any atom is 0.251 e. The number of carbonyl (C=O) groups is 2. The van der Waals surface area contributed by atoms with Crippen LogP contribution in [0.5, 0.6) is 0 Å². The molecule has 2 amide bonds. The van der Waals surface area contributed by atoms with Crippen LogP contribution in [0.15, 0.2) is 24.3 Å². The Labute approximate surface area is 157 Å². The van der Waals surface area contributed by atoms with Crippen LogP contribution >= 0.6 is 0 Å². The molecule has 148 valence electrons. The van der Waals surface area contributed by atoms with Crippen molar-refractivity contribution in [2.24, 2.45) is 0 Å². The van der Waals surface area contributed by atoms with E-state index in [9.17, 15) is 19.1 Å². The molecule has 2 saturated heterocycles. The monoisotopic (exact) mass is 380 g/mol. The Hall–Kier alpha value is -2.03. The Morgan fingerprint density at radius 3 is 2.74 bits per heavy atom. The number of morpholine rings is 1. The predicted molar refractivity (Wildman–Crippen MR) is 94.7 cm³/mol. The molecule has 2 fully saturated rings. The molecule has 7 nitrogen and oxygen atoms in total. The van der Waals surface area contributed by atoms with Gasteiger partial charge >= 0.3 is 0 Å². The number of hydrogen-bond acceptors (Lipinski definition) is 5. The van der Waals surface area contributed by atoms with E-state index in [1.54, 1.807) is 4.90 Å². The first kappa shape index (κ1) is 19.7. The largest absolute Gasteiger partial charge is 0.394 e. The second-order valence-corrected chi connectivity index (χ2v) is 6.84. The fraction of sp³-hybridized carbons (Fsp3) is 0.579. The molecule has 0 bridgehead atoms. The van der Waals surface area contributed by atoms with Crippen LogP contribution < -0.4 is 5.32 Å². The Bertz CT molecular complexity index is 665. The summed E-state index contributed by atoms with van der Waals surface area (Å²) >= 11 is 0. The molecule has 0 unspecified atom stereocenters. The number of carbonyl (C=O) groups excluding carboxylic acids is 2. The third-order valence-corrected chi connectivity index (χ3v) is 4.96. The van der Waals surface area contributed by atoms with Gasteiger partial charge in [0.2, 0.25) is 5.91 Å². The minimum atomic E-state index is -0.598. The number of aliphatic hydroxyl groups excluding tert-OH is 1. The molecule has 8 heteroatoms. The summed E-state index contributed by atoms with van der Waals surface area (Å²) in [5, 5.41) is 12.4. The maximum absolute atomic E-state index is 13.3. The zero-order chi connectivity index (χ0) is 19.2. The molecule has 0 spiro atoms. The molecule has 27 heavy (non-hydrogen) atoms. The average molecular weight is 380 g/mol. The minimum absolute atomic E-state index is 0.0160. The fourth-order valence-electron chi connectivity index (χ4n) is 3.47. The number of benzene rings is 1. The molecule has 0 radical (unpaired) electrons. The molecule has 1 aromatic carbocycles. The molecule has 2 aliphatic rings. The summed E-state index contributed by atoms with van der Waals surface area (Å²) in [6, 6.07) is 5.04. The van der Waals surface area contributed by atoms with Crippen molar-refractivity contribution in [3.8, 4) is 0 Å². The van der Waals surface area contributed by atoms with Gasteiger partial charge in [-0.15, -0.1) is 0 Å². The molecular formula is C19H25FN2O5. The van der Waals surface area contributed by atoms with E-state index in [0.29, 0.717) is 39.1 Å². The summed E-state index contributed by atoms with van der Waals surface area (Å²) in [5.74, 6) is -0.880. The Morgan fingerprint density at radius 2 is 2.04 bits per heavy atom. The number of aliphatic hydroxyl groups is 1. The van der Waals surface area contributed by atoms with E-state index in [-0.39, 0.29) is 36.6 Å². The molecule has 0 aromatic heterocycles. The van der Waals surface area contributed by atoms with Gasteiger partial charge in [-0.3, -0.25) is 9.59 Å². The van der Waals surface area contributed by atoms with Crippen LogP contribution in [-0.4, -0.2) is 73.0 Å². The van der Waals surface area contributed by atoms with E-state index in [1.165, 1.54) is 18.2 Å². The van der Waals surface area contributed by atoms with Crippen molar-refractivity contribution in [1.29, 1.82) is 0 Å². The molecule has 2 heterocycles. The van der Waals surface area contributed by atoms with E-state index in [4.69, 9.17) is 9.47 Å². The zero-order valence-electron chi connectivity index (χ0n) is 15.1. The van der Waals surface area contributed by atoms with Gasteiger partial charge in [0.05, 0.1) is 38.4 Å². The second-order valence-electron chi connectivity index (χ2n) is 6.84. The van der Waals surface area contributed by atoms with Gasteiger partial charge in [0.25, 0.3) is 5.91 Å². The molecule has 0 saturated carbocycles. The van der Waals surface area contributed by atoms with Crippen molar-refractivity contribution in [2.75, 3.05) is 32.9 Å². The Kier molecular flexibility index (Phi) is 6.76. The molecule has 2 aliphatic heterocycles. The van der Waals surface area contributed by atoms with Gasteiger partial charge in [-0.05, 0) is 31.0 Å². The first-order chi connectivity index (χ1) is 13.1. The van der Waals surface area contributed by atoms with Gasteiger partial charge in [0.15, 0.2) is 0 Å². The standard InChI is InChI=1S/C19H25FN2O5/c20-14-3-1-2-13(10-14)19(25)21-16-5-4-15(27-17(16)12-23)11-18(24)22-6-8-26-9-7-22/h1-3,10,15-17,23H,4-9,11-12H2,(H,21,25)/t15-,16+,17-/m0/s1. The van der Waals surface area contributed by atoms with E-state index < -0.39 is 17.8 Å². The van der Waals surface area contributed by atoms with Crippen LogP contribution in [-0.2, 0) is 14.3 Å². The van der Waals surface area contributed by atoms with Crippen LogP contribution in [0, 0.1) is 5.82 Å². The number of amides is 2. The van der Waals surface area contributed by atoms with Crippen molar-refractivity contribution >= 4 is 11.8 Å². The van der Waals surface area contributed by atoms with Crippen molar-refractivity contribution in [2.45, 2.75) is 37.5 Å². The van der Waals surface area contributed by atoms with Crippen LogP contribution in [0.4, 0.5) is 4.39 Å². The lowest BCUT2D eigenvalue weighted by Gasteiger charge is -2.37. The van der Waals surface area contributed by atoms with Crippen molar-refractivity contribution in [3.63, 3.8) is 0 Å². The number of ether oxygens (including phenoxy) is 2. The smallest absolute Gasteiger partial charge is 0.251 e. The average Bonchev–Trinajstić information content (AvgIpc) is 2.69. The predicted octanol–water partition coefficient (Wildman–Crippen LogP) is 0.713. The number of halogens is 1. The van der Waals surface area contributed by atoms with Crippen molar-refractivity contribution < 1.29 is 28.6 Å². The highest BCUT2D eigenvalue weighted by Gasteiger charge is 2.34. The molecule has 1 aromatic rings. The minimum Gasteiger partial charge on any atom is -0.394 e. The zero-order valence-corrected chi connectivity index (χ0v) is 15.1. The number of hydrogen-bond donors (Lipinski definition) is 2. The third-order valence-electron chi connectivity index (χ3n) is 4.96. The lowest BCUT2D eigenvalue weighted by molar-refractivity contribution is -0.143. The summed E-state index contributed by atoms with van der Waals surface area (Å²) in [5.41, 5.74) is 0.219. The third kappa shape index (κ3) is 5.24. The van der Waals surface area contributed by atoms with Crippen LogP contribution in [0.25, 0.3) is 0 Å². The van der Waals surface area contributed by atoms with Gasteiger partial charge in [-0.1, -0.05) is 6.07 Å². The summed E-state index contributed by atoms with van der Waals surface area (Å²) in [6.45, 7) is 1.99. The second kappa shape index (κ2) is 9.25. The van der Waals surface area contributed by atoms with Gasteiger partial charge < -0.3 is 24.8 Å². The Morgan fingerprint density at radius 1 is 1.26 bits per heavy atom. The summed E-state index contributed by atoms with van der Waals surface area (Å²) < 4.78 is 24.4. The van der Waals surface area contributed by atoms with Gasteiger partial charge in [0, 0.05) is 18.7 Å². The fourth-order valence-corrected chi connectivity index (χ4v) is 3.47. The molecular weight excluding hydrogens is 355 g/mol. The van der Waals surface area contributed by atoms with E-state index in [0.717, 1.165) is 6.07 Å². The molecule has 2 N–H and O–H groups in total. The summed E-state index contributed by atoms with van der Waals surface area (Å²) in [7, 11) is 0. The van der Waals surface area contributed by atoms with E-state index in [2.05, 4.69) is 5.32 Å². The SMILES string of the molecule is O=C(N[C@@H]1CC[C@@H](CC(=O)N2CCOCC2)O[C@H]1CO)c1cccc(F)c1. The van der Waals surface area contributed by atoms with Gasteiger partial charge in [0.1, 0.15) is 11.9 Å². The first-order valence-corrected chi connectivity index (χ1v) is 9.25. The highest BCUT2D eigenvalue weighted by atomic mass is 19.1. The summed E-state index contributed by atoms with van der Waals surface area (Å²) in [6.07, 6.45) is 0.535. The van der Waals surface area contributed by atoms with Gasteiger partial charge in [-0.2, -0.15) is 0 Å². The normalized spacial score (nSPS) is 25.9. The maximum atomic E-state index is 13.3. The molecule has 3 atom stereocenters. The van der Waals surface area contributed by atoms with Gasteiger partial charge in [-0.25, -0.2) is 4.39 Å². The summed E-state index contributed by atoms with van der Waals surface area (Å²) in [4.78, 5) is 26.4. The van der Waals surface area contributed by atoms with Crippen LogP contribution in [0.1, 0.15) is 29.6 Å². The van der Waals surface area contributed by atoms with Crippen molar-refractivity contribution in [3.05, 3.63) is 35.6 Å². The quantitative estimate of drug-likeness (QED) is 0.786. The van der Waals surface area contributed by atoms with Crippen molar-refractivity contribution in [1.82, 2.24) is 10.2 Å². The lowest BCUT2D eigenvalue weighted by Crippen LogP contribution is -2.52. The highest BCUT2D eigenvalue weighted by Crippen LogP contribution is 2.23.